The quantitative estimate of drug-likeness (QED) is 0.647. The minimum atomic E-state index is -3.65. The molecule has 0 atom stereocenters. The Labute approximate surface area is 173 Å². The summed E-state index contributed by atoms with van der Waals surface area (Å²) in [5, 5.41) is 2.73. The smallest absolute Gasteiger partial charge is 0.308 e. The summed E-state index contributed by atoms with van der Waals surface area (Å²) < 4.78 is 28.1. The molecule has 154 valence electrons. The second-order valence-electron chi connectivity index (χ2n) is 6.96. The molecule has 1 N–H and O–H groups in total. The molecule has 0 radical (unpaired) electrons. The zero-order valence-electron chi connectivity index (χ0n) is 16.7. The molecule has 1 heterocycles. The third-order valence-electron chi connectivity index (χ3n) is 4.45. The minimum absolute atomic E-state index is 0.0518. The maximum Gasteiger partial charge on any atom is 0.308 e. The average Bonchev–Trinajstić information content (AvgIpc) is 2.92. The van der Waals surface area contributed by atoms with E-state index in [9.17, 15) is 18.0 Å². The first-order valence-corrected chi connectivity index (χ1v) is 11.7. The van der Waals surface area contributed by atoms with Gasteiger partial charge in [-0.2, -0.15) is 0 Å². The first-order chi connectivity index (χ1) is 13.6. The Morgan fingerprint density at radius 2 is 1.79 bits per heavy atom. The van der Waals surface area contributed by atoms with Gasteiger partial charge in [-0.15, -0.1) is 0 Å². The molecule has 7 nitrogen and oxygen atoms in total. The lowest BCUT2D eigenvalue weighted by atomic mass is 10.1. The number of benzene rings is 2. The summed E-state index contributed by atoms with van der Waals surface area (Å²) >= 11 is 1.11. The molecule has 3 rings (SSSR count). The Bertz CT molecular complexity index is 1220. The van der Waals surface area contributed by atoms with Crippen molar-refractivity contribution in [1.29, 1.82) is 0 Å². The second kappa shape index (κ2) is 8.00. The second-order valence-corrected chi connectivity index (χ2v) is 9.86. The fourth-order valence-corrected chi connectivity index (χ4v) is 5.10. The van der Waals surface area contributed by atoms with Crippen LogP contribution in [0.3, 0.4) is 0 Å². The van der Waals surface area contributed by atoms with Crippen LogP contribution in [0.15, 0.2) is 41.2 Å². The molecule has 1 amide bonds. The van der Waals surface area contributed by atoms with Crippen molar-refractivity contribution in [3.8, 4) is 0 Å². The van der Waals surface area contributed by atoms with Gasteiger partial charge in [0.1, 0.15) is 6.54 Å². The summed E-state index contributed by atoms with van der Waals surface area (Å²) in [6.45, 7) is 5.88. The number of hydrogen-bond acceptors (Lipinski definition) is 5. The summed E-state index contributed by atoms with van der Waals surface area (Å²) in [7, 11) is -3.65. The lowest BCUT2D eigenvalue weighted by Gasteiger charge is -2.22. The molecular weight excluding hydrogens is 410 g/mol. The topological polar surface area (TPSA) is 88.5 Å². The van der Waals surface area contributed by atoms with Crippen LogP contribution in [0.2, 0.25) is 0 Å². The van der Waals surface area contributed by atoms with Crippen LogP contribution in [-0.4, -0.2) is 31.7 Å². The molecule has 0 bridgehead atoms. The van der Waals surface area contributed by atoms with Crippen LogP contribution in [-0.2, 0) is 21.4 Å². The molecule has 0 unspecified atom stereocenters. The molecule has 0 spiro atoms. The third-order valence-corrected chi connectivity index (χ3v) is 6.53. The molecule has 0 fully saturated rings. The highest BCUT2D eigenvalue weighted by molar-refractivity contribution is 7.92. The molecule has 3 aromatic rings. The Morgan fingerprint density at radius 1 is 1.14 bits per heavy atom. The number of aryl methyl sites for hydroxylation is 3. The van der Waals surface area contributed by atoms with Crippen molar-refractivity contribution < 1.29 is 13.2 Å². The first kappa shape index (κ1) is 21.1. The number of rotatable bonds is 6. The minimum Gasteiger partial charge on any atom is -0.324 e. The van der Waals surface area contributed by atoms with E-state index >= 15 is 0 Å². The highest BCUT2D eigenvalue weighted by atomic mass is 32.2. The van der Waals surface area contributed by atoms with Gasteiger partial charge in [0.2, 0.25) is 15.9 Å². The first-order valence-electron chi connectivity index (χ1n) is 9.07. The Morgan fingerprint density at radius 3 is 2.38 bits per heavy atom. The van der Waals surface area contributed by atoms with Gasteiger partial charge in [-0.1, -0.05) is 17.4 Å². The lowest BCUT2D eigenvalue weighted by Crippen LogP contribution is -2.37. The standard InChI is InChI=1S/C20H23N3O4S2/c1-5-22-17-7-6-15(11-18(17)28-20(22)25)21-19(24)12-23(29(4,26)27)16-9-13(2)8-14(3)10-16/h6-11H,5,12H2,1-4H3,(H,21,24). The molecule has 0 aliphatic rings. The van der Waals surface area contributed by atoms with Gasteiger partial charge in [0.05, 0.1) is 22.2 Å². The number of amides is 1. The van der Waals surface area contributed by atoms with E-state index in [1.165, 1.54) is 0 Å². The largest absolute Gasteiger partial charge is 0.324 e. The highest BCUT2D eigenvalue weighted by Crippen LogP contribution is 2.23. The fraction of sp³-hybridized carbons (Fsp3) is 0.300. The van der Waals surface area contributed by atoms with E-state index in [1.54, 1.807) is 34.9 Å². The van der Waals surface area contributed by atoms with Crippen LogP contribution in [0.1, 0.15) is 18.1 Å². The molecule has 9 heteroatoms. The van der Waals surface area contributed by atoms with E-state index in [1.807, 2.05) is 26.8 Å². The summed E-state index contributed by atoms with van der Waals surface area (Å²) in [6, 6.07) is 10.6. The van der Waals surface area contributed by atoms with Crippen molar-refractivity contribution in [1.82, 2.24) is 4.57 Å². The predicted octanol–water partition coefficient (Wildman–Crippen LogP) is 3.10. The van der Waals surface area contributed by atoms with Gasteiger partial charge < -0.3 is 5.32 Å². The average molecular weight is 434 g/mol. The van der Waals surface area contributed by atoms with E-state index in [0.717, 1.165) is 43.2 Å². The number of sulfonamides is 1. The van der Waals surface area contributed by atoms with Gasteiger partial charge in [0.15, 0.2) is 0 Å². The van der Waals surface area contributed by atoms with Crippen molar-refractivity contribution >= 4 is 48.9 Å². The number of aromatic nitrogens is 1. The summed E-state index contributed by atoms with van der Waals surface area (Å²) in [6.07, 6.45) is 1.08. The van der Waals surface area contributed by atoms with Gasteiger partial charge in [0.25, 0.3) is 0 Å². The molecule has 0 aliphatic heterocycles. The van der Waals surface area contributed by atoms with Gasteiger partial charge in [-0.05, 0) is 62.2 Å². The van der Waals surface area contributed by atoms with Gasteiger partial charge in [-0.3, -0.25) is 18.5 Å². The van der Waals surface area contributed by atoms with Gasteiger partial charge >= 0.3 is 4.87 Å². The van der Waals surface area contributed by atoms with Gasteiger partial charge in [0, 0.05) is 12.2 Å². The number of nitrogens with zero attached hydrogens (tertiary/aromatic N) is 2. The number of anilines is 2. The van der Waals surface area contributed by atoms with E-state index < -0.39 is 15.9 Å². The summed E-state index contributed by atoms with van der Waals surface area (Å²) in [5.74, 6) is -0.462. The monoisotopic (exact) mass is 433 g/mol. The van der Waals surface area contributed by atoms with Crippen LogP contribution >= 0.6 is 11.3 Å². The van der Waals surface area contributed by atoms with Crippen LogP contribution in [0.25, 0.3) is 10.2 Å². The molecule has 29 heavy (non-hydrogen) atoms. The van der Waals surface area contributed by atoms with Crippen molar-refractivity contribution in [3.63, 3.8) is 0 Å². The fourth-order valence-electron chi connectivity index (χ4n) is 3.27. The van der Waals surface area contributed by atoms with Crippen molar-refractivity contribution in [2.75, 3.05) is 22.4 Å². The number of carbonyl (C=O) groups is 1. The summed E-state index contributed by atoms with van der Waals surface area (Å²) in [4.78, 5) is 24.5. The Balaban J connectivity index is 1.85. The number of fused-ring (bicyclic) bond motifs is 1. The molecule has 0 saturated heterocycles. The normalized spacial score (nSPS) is 11.6. The Kier molecular flexibility index (Phi) is 5.81. The maximum absolute atomic E-state index is 12.6. The zero-order chi connectivity index (χ0) is 21.3. The maximum atomic E-state index is 12.6. The van der Waals surface area contributed by atoms with E-state index in [2.05, 4.69) is 5.32 Å². The number of thiazole rings is 1. The summed E-state index contributed by atoms with van der Waals surface area (Å²) in [5.41, 5.74) is 3.60. The molecule has 0 aliphatic carbocycles. The van der Waals surface area contributed by atoms with Crippen molar-refractivity contribution in [3.05, 3.63) is 57.2 Å². The molecule has 0 saturated carbocycles. The van der Waals surface area contributed by atoms with E-state index in [0.29, 0.717) is 17.9 Å². The van der Waals surface area contributed by atoms with Crippen molar-refractivity contribution in [2.24, 2.45) is 0 Å². The van der Waals surface area contributed by atoms with E-state index in [4.69, 9.17) is 0 Å². The van der Waals surface area contributed by atoms with Crippen LogP contribution in [0.5, 0.6) is 0 Å². The van der Waals surface area contributed by atoms with Crippen LogP contribution in [0, 0.1) is 13.8 Å². The molecular formula is C20H23N3O4S2. The van der Waals surface area contributed by atoms with Crippen LogP contribution < -0.4 is 14.5 Å². The molecule has 1 aromatic heterocycles. The van der Waals surface area contributed by atoms with Crippen molar-refractivity contribution in [2.45, 2.75) is 27.3 Å². The molecule has 2 aromatic carbocycles. The highest BCUT2D eigenvalue weighted by Gasteiger charge is 2.21. The zero-order valence-corrected chi connectivity index (χ0v) is 18.4. The SMILES string of the molecule is CCn1c(=O)sc2cc(NC(=O)CN(c3cc(C)cc(C)c3)S(C)(=O)=O)ccc21. The predicted molar refractivity (Wildman–Crippen MR) is 118 cm³/mol. The van der Waals surface area contributed by atoms with E-state index in [-0.39, 0.29) is 11.4 Å². The third kappa shape index (κ3) is 4.68. The number of hydrogen-bond donors (Lipinski definition) is 1. The number of nitrogens with one attached hydrogen (secondary N) is 1. The van der Waals surface area contributed by atoms with Crippen LogP contribution in [0.4, 0.5) is 11.4 Å². The Hall–Kier alpha value is -2.65. The number of carbonyl (C=O) groups excluding carboxylic acids is 1. The lowest BCUT2D eigenvalue weighted by molar-refractivity contribution is -0.114. The van der Waals surface area contributed by atoms with Gasteiger partial charge in [-0.25, -0.2) is 8.42 Å².